The number of hydrogen-bond donors (Lipinski definition) is 2. The first-order valence-electron chi connectivity index (χ1n) is 13.9. The Bertz CT molecular complexity index is 1550. The zero-order valence-corrected chi connectivity index (χ0v) is 24.8. The lowest BCUT2D eigenvalue weighted by Crippen LogP contribution is -2.40. The highest BCUT2D eigenvalue weighted by Gasteiger charge is 2.35. The van der Waals surface area contributed by atoms with Crippen molar-refractivity contribution in [2.45, 2.75) is 90.7 Å². The number of anilines is 2. The fourth-order valence-electron chi connectivity index (χ4n) is 5.01. The molecule has 1 aromatic carbocycles. The third kappa shape index (κ3) is 5.14. The number of rotatable bonds is 4. The highest BCUT2D eigenvalue weighted by Crippen LogP contribution is 2.38. The normalized spacial score (nSPS) is 18.6. The van der Waals surface area contributed by atoms with Gasteiger partial charge < -0.3 is 20.3 Å². The lowest BCUT2D eigenvalue weighted by atomic mass is 9.93. The molecule has 0 bridgehead atoms. The first-order chi connectivity index (χ1) is 18.9. The number of thiazole rings is 1. The minimum atomic E-state index is -0.516. The third-order valence-electron chi connectivity index (χ3n) is 7.26. The Kier molecular flexibility index (Phi) is 6.32. The van der Waals surface area contributed by atoms with Crippen molar-refractivity contribution in [2.24, 2.45) is 4.99 Å². The Labute approximate surface area is 238 Å². The van der Waals surface area contributed by atoms with Gasteiger partial charge in [0.05, 0.1) is 11.7 Å². The Balaban J connectivity index is 1.22. The second kappa shape index (κ2) is 9.50. The van der Waals surface area contributed by atoms with Gasteiger partial charge in [-0.1, -0.05) is 26.8 Å². The lowest BCUT2D eigenvalue weighted by molar-refractivity contribution is 0.0224. The quantitative estimate of drug-likeness (QED) is 0.449. The van der Waals surface area contributed by atoms with Crippen molar-refractivity contribution in [1.29, 1.82) is 0 Å². The number of aromatic nitrogens is 3. The number of nitrogens with zero attached hydrogens (tertiary/aromatic N) is 5. The zero-order chi connectivity index (χ0) is 28.4. The number of carbonyl (C=O) groups is 1. The monoisotopic (exact) mass is 563 g/mol. The predicted molar refractivity (Wildman–Crippen MR) is 158 cm³/mol. The van der Waals surface area contributed by atoms with Crippen LogP contribution in [0.15, 0.2) is 33.4 Å². The van der Waals surface area contributed by atoms with Crippen molar-refractivity contribution in [3.8, 4) is 5.13 Å². The van der Waals surface area contributed by atoms with E-state index in [0.29, 0.717) is 24.5 Å². The van der Waals surface area contributed by atoms with E-state index >= 15 is 0 Å². The van der Waals surface area contributed by atoms with E-state index in [1.165, 1.54) is 5.56 Å². The second-order valence-corrected chi connectivity index (χ2v) is 13.7. The second-order valence-electron chi connectivity index (χ2n) is 12.8. The van der Waals surface area contributed by atoms with Crippen LogP contribution in [0.3, 0.4) is 0 Å². The molecule has 3 aromatic rings. The molecule has 2 N–H and O–H groups in total. The van der Waals surface area contributed by atoms with Gasteiger partial charge in [-0.3, -0.25) is 4.79 Å². The molecule has 0 spiro atoms. The maximum Gasteiger partial charge on any atom is 0.410 e. The highest BCUT2D eigenvalue weighted by molar-refractivity contribution is 7.12. The van der Waals surface area contributed by atoms with Crippen LogP contribution < -0.4 is 16.2 Å². The number of amides is 1. The summed E-state index contributed by atoms with van der Waals surface area (Å²) >= 11 is 1.55. The SMILES string of the molecule is CC(C)(C)OC(=O)N1CCc2cc(NC3N=Cc4c(n(-c5nc(C(C)(C)C)cs5)n(C5CC5)c4=O)N3)ccc2C1. The number of benzene rings is 1. The topological polar surface area (TPSA) is 106 Å². The van der Waals surface area contributed by atoms with E-state index in [4.69, 9.17) is 9.72 Å². The number of ether oxygens (including phenoxy) is 1. The molecule has 40 heavy (non-hydrogen) atoms. The van der Waals surface area contributed by atoms with Crippen LogP contribution in [0.1, 0.15) is 82.8 Å². The minimum Gasteiger partial charge on any atom is -0.444 e. The van der Waals surface area contributed by atoms with Gasteiger partial charge in [-0.25, -0.2) is 24.1 Å². The van der Waals surface area contributed by atoms with Crippen LogP contribution in [-0.4, -0.2) is 50.0 Å². The largest absolute Gasteiger partial charge is 0.444 e. The van der Waals surface area contributed by atoms with Crippen LogP contribution in [-0.2, 0) is 23.1 Å². The fraction of sp³-hybridized carbons (Fsp3) is 0.517. The van der Waals surface area contributed by atoms with Gasteiger partial charge >= 0.3 is 6.09 Å². The average molecular weight is 564 g/mol. The molecule has 0 radical (unpaired) electrons. The molecular weight excluding hydrogens is 526 g/mol. The van der Waals surface area contributed by atoms with Crippen LogP contribution in [0.25, 0.3) is 5.13 Å². The minimum absolute atomic E-state index is 0.0389. The summed E-state index contributed by atoms with van der Waals surface area (Å²) in [7, 11) is 0. The molecule has 1 fully saturated rings. The molecule has 2 aliphatic heterocycles. The molecule has 0 saturated heterocycles. The molecule has 3 aliphatic rings. The van der Waals surface area contributed by atoms with Gasteiger partial charge in [0, 0.05) is 35.8 Å². The molecule has 6 rings (SSSR count). The molecule has 4 heterocycles. The maximum atomic E-state index is 13.4. The van der Waals surface area contributed by atoms with Crippen molar-refractivity contribution in [3.63, 3.8) is 0 Å². The first kappa shape index (κ1) is 26.6. The number of carbonyl (C=O) groups excluding carboxylic acids is 1. The van der Waals surface area contributed by atoms with E-state index in [1.54, 1.807) is 22.5 Å². The van der Waals surface area contributed by atoms with Crippen LogP contribution in [0.4, 0.5) is 16.3 Å². The van der Waals surface area contributed by atoms with E-state index in [-0.39, 0.29) is 23.1 Å². The highest BCUT2D eigenvalue weighted by atomic mass is 32.1. The first-order valence-corrected chi connectivity index (χ1v) is 14.8. The summed E-state index contributed by atoms with van der Waals surface area (Å²) in [5.41, 5.74) is 4.15. The molecule has 11 heteroatoms. The Hall–Kier alpha value is -3.60. The Morgan fingerprint density at radius 2 is 1.93 bits per heavy atom. The van der Waals surface area contributed by atoms with Crippen LogP contribution in [0.5, 0.6) is 0 Å². The van der Waals surface area contributed by atoms with Gasteiger partial charge in [0.25, 0.3) is 5.56 Å². The number of hydrogen-bond acceptors (Lipinski definition) is 8. The van der Waals surface area contributed by atoms with Gasteiger partial charge in [-0.2, -0.15) is 0 Å². The van der Waals surface area contributed by atoms with Gasteiger partial charge in [-0.15, -0.1) is 11.3 Å². The maximum absolute atomic E-state index is 13.4. The molecule has 212 valence electrons. The summed E-state index contributed by atoms with van der Waals surface area (Å²) in [5.74, 6) is 0.713. The predicted octanol–water partition coefficient (Wildman–Crippen LogP) is 5.26. The van der Waals surface area contributed by atoms with Gasteiger partial charge in [0.15, 0.2) is 6.29 Å². The van der Waals surface area contributed by atoms with E-state index in [1.807, 2.05) is 36.2 Å². The standard InChI is InChI=1S/C29H37N7O3S/c1-28(2,3)22-16-40-26(32-22)36-23-21(24(37)35(36)20-9-10-20)14-30-25(33-23)31-19-8-7-18-15-34(12-11-17(18)13-19)27(38)39-29(4,5)6/h7-8,13-14,16,20,25,31,33H,9-12,15H2,1-6H3. The molecule has 1 aliphatic carbocycles. The van der Waals surface area contributed by atoms with Crippen molar-refractivity contribution >= 4 is 35.1 Å². The average Bonchev–Trinajstić information content (AvgIpc) is 3.50. The van der Waals surface area contributed by atoms with Gasteiger partial charge in [0.2, 0.25) is 5.13 Å². The molecule has 1 saturated carbocycles. The van der Waals surface area contributed by atoms with Gasteiger partial charge in [0.1, 0.15) is 17.0 Å². The summed E-state index contributed by atoms with van der Waals surface area (Å²) in [6, 6.07) is 6.36. The molecule has 1 unspecified atom stereocenters. The van der Waals surface area contributed by atoms with E-state index in [9.17, 15) is 9.59 Å². The van der Waals surface area contributed by atoms with E-state index < -0.39 is 11.9 Å². The van der Waals surface area contributed by atoms with Gasteiger partial charge in [-0.05, 0) is 63.3 Å². The molecule has 1 atom stereocenters. The Morgan fingerprint density at radius 1 is 1.15 bits per heavy atom. The fourth-order valence-corrected chi connectivity index (χ4v) is 6.06. The smallest absolute Gasteiger partial charge is 0.410 e. The summed E-state index contributed by atoms with van der Waals surface area (Å²) in [6.45, 7) is 13.2. The lowest BCUT2D eigenvalue weighted by Gasteiger charge is -2.31. The van der Waals surface area contributed by atoms with Crippen molar-refractivity contribution in [1.82, 2.24) is 19.2 Å². The molecule has 1 amide bonds. The number of fused-ring (bicyclic) bond motifs is 2. The summed E-state index contributed by atoms with van der Waals surface area (Å²) < 4.78 is 9.35. The molecule has 10 nitrogen and oxygen atoms in total. The molecular formula is C29H37N7O3S. The Morgan fingerprint density at radius 3 is 2.60 bits per heavy atom. The summed E-state index contributed by atoms with van der Waals surface area (Å²) in [4.78, 5) is 37.2. The van der Waals surface area contributed by atoms with Crippen molar-refractivity contribution < 1.29 is 9.53 Å². The van der Waals surface area contributed by atoms with Crippen LogP contribution >= 0.6 is 11.3 Å². The zero-order valence-electron chi connectivity index (χ0n) is 23.9. The van der Waals surface area contributed by atoms with Crippen LogP contribution in [0, 0.1) is 0 Å². The van der Waals surface area contributed by atoms with Crippen molar-refractivity contribution in [2.75, 3.05) is 17.2 Å². The third-order valence-corrected chi connectivity index (χ3v) is 8.07. The van der Waals surface area contributed by atoms with Crippen LogP contribution in [0.2, 0.25) is 0 Å². The summed E-state index contributed by atoms with van der Waals surface area (Å²) in [5, 5.41) is 9.78. The molecule has 2 aromatic heterocycles. The summed E-state index contributed by atoms with van der Waals surface area (Å²) in [6.07, 6.45) is 3.67. The van der Waals surface area contributed by atoms with E-state index in [0.717, 1.165) is 41.3 Å². The van der Waals surface area contributed by atoms with Crippen molar-refractivity contribution in [3.05, 3.63) is 56.3 Å². The van der Waals surface area contributed by atoms with E-state index in [2.05, 4.69) is 53.9 Å². The number of nitrogens with one attached hydrogen (secondary N) is 2. The number of aliphatic imine (C=N–C) groups is 1.